The zero-order valence-electron chi connectivity index (χ0n) is 11.3. The van der Waals surface area contributed by atoms with Crippen LogP contribution in [0.5, 0.6) is 0 Å². The molecule has 1 aliphatic carbocycles. The third kappa shape index (κ3) is 1.99. The molecule has 1 atom stereocenters. The van der Waals surface area contributed by atoms with Crippen LogP contribution in [-0.2, 0) is 0 Å². The van der Waals surface area contributed by atoms with Crippen molar-refractivity contribution in [2.24, 2.45) is 0 Å². The Labute approximate surface area is 140 Å². The van der Waals surface area contributed by atoms with Crippen molar-refractivity contribution < 1.29 is 4.79 Å². The predicted octanol–water partition coefficient (Wildman–Crippen LogP) is 2.97. The number of nitrogens with zero attached hydrogens (tertiary/aromatic N) is 1. The maximum absolute atomic E-state index is 12.8. The molecule has 4 rings (SSSR count). The third-order valence-corrected chi connectivity index (χ3v) is 4.47. The highest BCUT2D eigenvalue weighted by Gasteiger charge is 2.38. The van der Waals surface area contributed by atoms with Crippen LogP contribution in [0.2, 0.25) is 0 Å². The molecule has 2 aromatic rings. The van der Waals surface area contributed by atoms with Gasteiger partial charge < -0.3 is 10.6 Å². The summed E-state index contributed by atoms with van der Waals surface area (Å²) < 4.78 is 0.862. The fourth-order valence-corrected chi connectivity index (χ4v) is 3.50. The van der Waals surface area contributed by atoms with Gasteiger partial charge in [-0.1, -0.05) is 24.3 Å². The largest absolute Gasteiger partial charge is 0.351 e. The minimum absolute atomic E-state index is 0.0260. The van der Waals surface area contributed by atoms with Crippen LogP contribution in [0, 0.1) is 0 Å². The smallest absolute Gasteiger partial charge is 0.194 e. The molecule has 0 spiro atoms. The number of nitrogens with one attached hydrogen (secondary N) is 2. The quantitative estimate of drug-likeness (QED) is 0.754. The summed E-state index contributed by atoms with van der Waals surface area (Å²) in [5.41, 5.74) is 4.00. The zero-order chi connectivity index (χ0) is 15.3. The number of Topliss-reactive ketones (excluding diaryl/α,β-unsaturated/α-hetero) is 1. The molecule has 2 N–H and O–H groups in total. The van der Waals surface area contributed by atoms with E-state index in [4.69, 9.17) is 12.2 Å². The number of halogens is 1. The van der Waals surface area contributed by atoms with E-state index in [-0.39, 0.29) is 11.8 Å². The lowest BCUT2D eigenvalue weighted by Gasteiger charge is -2.28. The van der Waals surface area contributed by atoms with Crippen LogP contribution < -0.4 is 10.6 Å². The van der Waals surface area contributed by atoms with E-state index in [1.165, 1.54) is 0 Å². The molecule has 1 aromatic carbocycles. The fourth-order valence-electron chi connectivity index (χ4n) is 2.90. The Kier molecular flexibility index (Phi) is 3.09. The normalized spacial score (nSPS) is 19.4. The number of pyridine rings is 1. The Morgan fingerprint density at radius 2 is 1.95 bits per heavy atom. The number of hydrogen-bond donors (Lipinski definition) is 2. The molecule has 1 aromatic heterocycles. The third-order valence-electron chi connectivity index (χ3n) is 3.82. The summed E-state index contributed by atoms with van der Waals surface area (Å²) >= 11 is 8.73. The van der Waals surface area contributed by atoms with E-state index in [2.05, 4.69) is 31.5 Å². The lowest BCUT2D eigenvalue weighted by Crippen LogP contribution is -2.43. The molecule has 0 saturated carbocycles. The van der Waals surface area contributed by atoms with Gasteiger partial charge in [-0.2, -0.15) is 0 Å². The minimum atomic E-state index is -0.298. The summed E-state index contributed by atoms with van der Waals surface area (Å²) in [5, 5.41) is 6.81. The SMILES string of the molecule is O=C1C2=C(NC(=S)NC2c2cncc(Br)c2)c2ccccc21. The van der Waals surface area contributed by atoms with Crippen LogP contribution in [0.4, 0.5) is 0 Å². The molecule has 0 fully saturated rings. The molecule has 6 heteroatoms. The summed E-state index contributed by atoms with van der Waals surface area (Å²) in [6.45, 7) is 0. The van der Waals surface area contributed by atoms with Crippen molar-refractivity contribution in [1.82, 2.24) is 15.6 Å². The molecule has 2 aliphatic rings. The van der Waals surface area contributed by atoms with Gasteiger partial charge in [-0.15, -0.1) is 0 Å². The predicted molar refractivity (Wildman–Crippen MR) is 91.2 cm³/mol. The lowest BCUT2D eigenvalue weighted by atomic mass is 9.96. The van der Waals surface area contributed by atoms with Gasteiger partial charge in [-0.05, 0) is 39.8 Å². The molecule has 2 heterocycles. The summed E-state index contributed by atoms with van der Waals surface area (Å²) in [5.74, 6) is 0.0260. The summed E-state index contributed by atoms with van der Waals surface area (Å²) in [7, 11) is 0. The number of carbonyl (C=O) groups is 1. The van der Waals surface area contributed by atoms with Crippen molar-refractivity contribution in [2.45, 2.75) is 6.04 Å². The lowest BCUT2D eigenvalue weighted by molar-refractivity contribution is 0.103. The number of aromatic nitrogens is 1. The van der Waals surface area contributed by atoms with E-state index in [0.29, 0.717) is 16.2 Å². The standard InChI is InChI=1S/C16H10BrN3OS/c17-9-5-8(6-18-7-9)13-12-14(20-16(22)19-13)10-3-1-2-4-11(10)15(12)21/h1-7,13H,(H2,19,20,22). The second kappa shape index (κ2) is 5.00. The van der Waals surface area contributed by atoms with Crippen molar-refractivity contribution in [3.63, 3.8) is 0 Å². The van der Waals surface area contributed by atoms with Gasteiger partial charge in [0, 0.05) is 28.0 Å². The summed E-state index contributed by atoms with van der Waals surface area (Å²) in [6, 6.07) is 9.22. The van der Waals surface area contributed by atoms with Crippen LogP contribution in [0.1, 0.15) is 27.5 Å². The van der Waals surface area contributed by atoms with Gasteiger partial charge in [0.05, 0.1) is 17.3 Å². The number of ketones is 1. The molecule has 22 heavy (non-hydrogen) atoms. The van der Waals surface area contributed by atoms with Gasteiger partial charge in [-0.3, -0.25) is 9.78 Å². The Bertz CT molecular complexity index is 862. The Morgan fingerprint density at radius 3 is 2.73 bits per heavy atom. The molecule has 0 radical (unpaired) electrons. The molecule has 1 aliphatic heterocycles. The summed E-state index contributed by atoms with van der Waals surface area (Å²) in [4.78, 5) is 17.0. The van der Waals surface area contributed by atoms with E-state index in [9.17, 15) is 4.79 Å². The average molecular weight is 372 g/mol. The first kappa shape index (κ1) is 13.6. The van der Waals surface area contributed by atoms with Crippen LogP contribution in [-0.4, -0.2) is 15.9 Å². The first-order valence-electron chi connectivity index (χ1n) is 6.71. The van der Waals surface area contributed by atoms with Gasteiger partial charge in [0.25, 0.3) is 0 Å². The number of carbonyl (C=O) groups excluding carboxylic acids is 1. The van der Waals surface area contributed by atoms with Crippen LogP contribution in [0.3, 0.4) is 0 Å². The summed E-state index contributed by atoms with van der Waals surface area (Å²) in [6.07, 6.45) is 3.46. The van der Waals surface area contributed by atoms with Gasteiger partial charge in [0.1, 0.15) is 0 Å². The van der Waals surface area contributed by atoms with Crippen molar-refractivity contribution in [2.75, 3.05) is 0 Å². The number of hydrogen-bond acceptors (Lipinski definition) is 3. The van der Waals surface area contributed by atoms with Crippen LogP contribution in [0.25, 0.3) is 5.70 Å². The Hall–Kier alpha value is -2.05. The van der Waals surface area contributed by atoms with Crippen molar-refractivity contribution >= 4 is 44.7 Å². The van der Waals surface area contributed by atoms with Gasteiger partial charge >= 0.3 is 0 Å². The van der Waals surface area contributed by atoms with Gasteiger partial charge in [0.15, 0.2) is 10.9 Å². The Balaban J connectivity index is 1.90. The zero-order valence-corrected chi connectivity index (χ0v) is 13.7. The van der Waals surface area contributed by atoms with E-state index in [1.54, 1.807) is 12.4 Å². The van der Waals surface area contributed by atoms with Gasteiger partial charge in [0.2, 0.25) is 0 Å². The van der Waals surface area contributed by atoms with E-state index in [1.807, 2.05) is 30.3 Å². The first-order chi connectivity index (χ1) is 10.6. The molecule has 0 bridgehead atoms. The van der Waals surface area contributed by atoms with Crippen molar-refractivity contribution in [3.8, 4) is 0 Å². The molecule has 1 unspecified atom stereocenters. The highest BCUT2D eigenvalue weighted by molar-refractivity contribution is 9.10. The Morgan fingerprint density at radius 1 is 1.18 bits per heavy atom. The second-order valence-corrected chi connectivity index (χ2v) is 6.46. The number of fused-ring (bicyclic) bond motifs is 2. The fraction of sp³-hybridized carbons (Fsp3) is 0.0625. The van der Waals surface area contributed by atoms with E-state index in [0.717, 1.165) is 21.3 Å². The van der Waals surface area contributed by atoms with Crippen molar-refractivity contribution in [1.29, 1.82) is 0 Å². The molecule has 4 nitrogen and oxygen atoms in total. The second-order valence-electron chi connectivity index (χ2n) is 5.13. The number of rotatable bonds is 1. The molecule has 108 valence electrons. The average Bonchev–Trinajstić information content (AvgIpc) is 2.80. The van der Waals surface area contributed by atoms with E-state index < -0.39 is 0 Å². The molecular weight excluding hydrogens is 362 g/mol. The minimum Gasteiger partial charge on any atom is -0.351 e. The molecule has 0 saturated heterocycles. The highest BCUT2D eigenvalue weighted by atomic mass is 79.9. The van der Waals surface area contributed by atoms with Crippen molar-refractivity contribution in [3.05, 3.63) is 69.5 Å². The molecular formula is C16H10BrN3OS. The maximum Gasteiger partial charge on any atom is 0.194 e. The highest BCUT2D eigenvalue weighted by Crippen LogP contribution is 2.39. The number of thiocarbonyl (C=S) groups is 1. The molecule has 0 amide bonds. The topological polar surface area (TPSA) is 54.0 Å². The first-order valence-corrected chi connectivity index (χ1v) is 7.91. The van der Waals surface area contributed by atoms with E-state index >= 15 is 0 Å². The van der Waals surface area contributed by atoms with Gasteiger partial charge in [-0.25, -0.2) is 0 Å². The number of benzene rings is 1. The maximum atomic E-state index is 12.8. The monoisotopic (exact) mass is 371 g/mol. The van der Waals surface area contributed by atoms with Crippen LogP contribution >= 0.6 is 28.1 Å². The van der Waals surface area contributed by atoms with Crippen LogP contribution in [0.15, 0.2) is 52.8 Å².